The van der Waals surface area contributed by atoms with Crippen LogP contribution in [0.5, 0.6) is 0 Å². The van der Waals surface area contributed by atoms with Gasteiger partial charge in [-0.3, -0.25) is 14.2 Å². The highest BCUT2D eigenvalue weighted by atomic mass is 32.1. The molecule has 11 heteroatoms. The van der Waals surface area contributed by atoms with E-state index >= 15 is 0 Å². The Kier molecular flexibility index (Phi) is 8.13. The Bertz CT molecular complexity index is 1260. The third kappa shape index (κ3) is 5.86. The molecule has 0 aliphatic rings. The number of nitrogens with one attached hydrogen (secondary N) is 1. The number of methoxy groups -OCH3 is 1. The lowest BCUT2D eigenvalue weighted by Crippen LogP contribution is -2.28. The van der Waals surface area contributed by atoms with Crippen molar-refractivity contribution in [2.45, 2.75) is 33.4 Å². The van der Waals surface area contributed by atoms with Gasteiger partial charge in [0.25, 0.3) is 5.56 Å². The lowest BCUT2D eigenvalue weighted by molar-refractivity contribution is -0.116. The fourth-order valence-corrected chi connectivity index (χ4v) is 4.11. The molecular weight excluding hydrogens is 462 g/mol. The molecule has 34 heavy (non-hydrogen) atoms. The maximum atomic E-state index is 13.0. The average Bonchev–Trinajstić information content (AvgIpc) is 3.13. The van der Waals surface area contributed by atoms with Crippen molar-refractivity contribution in [1.29, 1.82) is 0 Å². The summed E-state index contributed by atoms with van der Waals surface area (Å²) in [7, 11) is 1.50. The summed E-state index contributed by atoms with van der Waals surface area (Å²) < 4.78 is 16.3. The number of carbonyl (C=O) groups is 3. The molecule has 0 unspecified atom stereocenters. The number of aryl methyl sites for hydroxylation is 1. The van der Waals surface area contributed by atoms with Crippen LogP contribution in [0.3, 0.4) is 0 Å². The van der Waals surface area contributed by atoms with Crippen molar-refractivity contribution < 1.29 is 28.6 Å². The van der Waals surface area contributed by atoms with Crippen molar-refractivity contribution in [3.05, 3.63) is 57.0 Å². The SMILES string of the molecule is COCCOC(=O)c1sc2ncn(CC(=O)Nc3ccc(C(=O)OC(C)C)cc3)c(=O)c2c1C. The summed E-state index contributed by atoms with van der Waals surface area (Å²) in [6.07, 6.45) is 1.03. The maximum Gasteiger partial charge on any atom is 0.348 e. The van der Waals surface area contributed by atoms with Crippen LogP contribution in [0.1, 0.15) is 39.4 Å². The smallest absolute Gasteiger partial charge is 0.348 e. The molecule has 0 saturated carbocycles. The Hall–Kier alpha value is -3.57. The molecule has 0 aliphatic heterocycles. The van der Waals surface area contributed by atoms with E-state index < -0.39 is 23.4 Å². The zero-order valence-corrected chi connectivity index (χ0v) is 20.1. The van der Waals surface area contributed by atoms with Crippen LogP contribution in [0, 0.1) is 6.92 Å². The number of thiophene rings is 1. The Morgan fingerprint density at radius 1 is 1.12 bits per heavy atom. The van der Waals surface area contributed by atoms with Crippen molar-refractivity contribution in [3.8, 4) is 0 Å². The number of fused-ring (bicyclic) bond motifs is 1. The second-order valence-corrected chi connectivity index (χ2v) is 8.62. The summed E-state index contributed by atoms with van der Waals surface area (Å²) in [5.41, 5.74) is 0.846. The van der Waals surface area contributed by atoms with Crippen LogP contribution in [0.4, 0.5) is 5.69 Å². The minimum absolute atomic E-state index is 0.0980. The van der Waals surface area contributed by atoms with E-state index in [1.807, 2.05) is 0 Å². The first-order valence-electron chi connectivity index (χ1n) is 10.5. The monoisotopic (exact) mass is 487 g/mol. The van der Waals surface area contributed by atoms with Gasteiger partial charge in [-0.1, -0.05) is 0 Å². The number of carbonyl (C=O) groups excluding carboxylic acids is 3. The Balaban J connectivity index is 1.72. The normalized spacial score (nSPS) is 11.0. The van der Waals surface area contributed by atoms with Gasteiger partial charge in [-0.05, 0) is 50.6 Å². The molecule has 2 aromatic heterocycles. The lowest BCUT2D eigenvalue weighted by atomic mass is 10.2. The molecule has 10 nitrogen and oxygen atoms in total. The summed E-state index contributed by atoms with van der Waals surface area (Å²) in [5.74, 6) is -1.46. The van der Waals surface area contributed by atoms with Crippen molar-refractivity contribution >= 4 is 45.1 Å². The molecule has 3 aromatic rings. The Morgan fingerprint density at radius 2 is 1.82 bits per heavy atom. The molecular formula is C23H25N3O7S. The van der Waals surface area contributed by atoms with Gasteiger partial charge in [0.15, 0.2) is 0 Å². The van der Waals surface area contributed by atoms with Gasteiger partial charge >= 0.3 is 11.9 Å². The van der Waals surface area contributed by atoms with Gasteiger partial charge in [-0.2, -0.15) is 0 Å². The molecule has 2 heterocycles. The average molecular weight is 488 g/mol. The molecule has 0 spiro atoms. The fourth-order valence-electron chi connectivity index (χ4n) is 3.08. The molecule has 0 fully saturated rings. The number of nitrogens with zero attached hydrogens (tertiary/aromatic N) is 2. The van der Waals surface area contributed by atoms with Crippen LogP contribution in [0.25, 0.3) is 10.2 Å². The highest BCUT2D eigenvalue weighted by Crippen LogP contribution is 2.27. The van der Waals surface area contributed by atoms with E-state index in [0.29, 0.717) is 21.6 Å². The quantitative estimate of drug-likeness (QED) is 0.361. The van der Waals surface area contributed by atoms with Crippen LogP contribution in [0.2, 0.25) is 0 Å². The standard InChI is InChI=1S/C23H25N3O7S/c1-13(2)33-22(29)15-5-7-16(8-6-15)25-17(27)11-26-12-24-20-18(21(26)28)14(3)19(34-20)23(30)32-10-9-31-4/h5-8,12-13H,9-11H2,1-4H3,(H,25,27). The van der Waals surface area contributed by atoms with Gasteiger partial charge in [0.1, 0.15) is 22.9 Å². The molecule has 1 N–H and O–H groups in total. The maximum absolute atomic E-state index is 13.0. The number of hydrogen-bond acceptors (Lipinski definition) is 9. The van der Waals surface area contributed by atoms with E-state index in [2.05, 4.69) is 10.3 Å². The minimum atomic E-state index is -0.554. The molecule has 0 saturated heterocycles. The predicted molar refractivity (Wildman–Crippen MR) is 126 cm³/mol. The van der Waals surface area contributed by atoms with Crippen LogP contribution in [0.15, 0.2) is 35.4 Å². The third-order valence-electron chi connectivity index (χ3n) is 4.68. The number of rotatable bonds is 9. The largest absolute Gasteiger partial charge is 0.459 e. The zero-order valence-electron chi connectivity index (χ0n) is 19.2. The summed E-state index contributed by atoms with van der Waals surface area (Å²) >= 11 is 1.06. The van der Waals surface area contributed by atoms with Crippen molar-refractivity contribution in [3.63, 3.8) is 0 Å². The molecule has 180 valence electrons. The van der Waals surface area contributed by atoms with Gasteiger partial charge in [-0.25, -0.2) is 14.6 Å². The highest BCUT2D eigenvalue weighted by Gasteiger charge is 2.21. The van der Waals surface area contributed by atoms with Crippen LogP contribution >= 0.6 is 11.3 Å². The van der Waals surface area contributed by atoms with Crippen LogP contribution in [-0.2, 0) is 25.5 Å². The van der Waals surface area contributed by atoms with Gasteiger partial charge in [-0.15, -0.1) is 11.3 Å². The van der Waals surface area contributed by atoms with Gasteiger partial charge in [0.2, 0.25) is 5.91 Å². The molecule has 0 radical (unpaired) electrons. The van der Waals surface area contributed by atoms with Crippen molar-refractivity contribution in [1.82, 2.24) is 9.55 Å². The molecule has 1 aromatic carbocycles. The predicted octanol–water partition coefficient (Wildman–Crippen LogP) is 2.77. The molecule has 1 amide bonds. The Labute approximate surface area is 199 Å². The number of benzene rings is 1. The first kappa shape index (κ1) is 25.1. The topological polar surface area (TPSA) is 126 Å². The minimum Gasteiger partial charge on any atom is -0.459 e. The van der Waals surface area contributed by atoms with Gasteiger partial charge < -0.3 is 19.5 Å². The molecule has 0 bridgehead atoms. The van der Waals surface area contributed by atoms with Gasteiger partial charge in [0, 0.05) is 12.8 Å². The van der Waals surface area contributed by atoms with Crippen molar-refractivity contribution in [2.75, 3.05) is 25.6 Å². The van der Waals surface area contributed by atoms with Gasteiger partial charge in [0.05, 0.1) is 30.0 Å². The van der Waals surface area contributed by atoms with E-state index in [-0.39, 0.29) is 36.1 Å². The van der Waals surface area contributed by atoms with E-state index in [1.165, 1.54) is 18.0 Å². The summed E-state index contributed by atoms with van der Waals surface area (Å²) in [5, 5.41) is 2.95. The number of hydrogen-bond donors (Lipinski definition) is 1. The summed E-state index contributed by atoms with van der Waals surface area (Å²) in [6.45, 7) is 5.25. The fraction of sp³-hybridized carbons (Fsp3) is 0.348. The molecule has 0 aliphatic carbocycles. The number of amides is 1. The van der Waals surface area contributed by atoms with Crippen LogP contribution < -0.4 is 10.9 Å². The number of aromatic nitrogens is 2. The molecule has 3 rings (SSSR count). The number of anilines is 1. The third-order valence-corrected chi connectivity index (χ3v) is 5.86. The van der Waals surface area contributed by atoms with Crippen LogP contribution in [-0.4, -0.2) is 53.8 Å². The number of ether oxygens (including phenoxy) is 3. The summed E-state index contributed by atoms with van der Waals surface area (Å²) in [6, 6.07) is 6.23. The summed E-state index contributed by atoms with van der Waals surface area (Å²) in [4.78, 5) is 54.6. The molecule has 0 atom stereocenters. The number of esters is 2. The highest BCUT2D eigenvalue weighted by molar-refractivity contribution is 7.20. The Morgan fingerprint density at radius 3 is 2.47 bits per heavy atom. The second kappa shape index (κ2) is 11.0. The van der Waals surface area contributed by atoms with E-state index in [0.717, 1.165) is 11.3 Å². The van der Waals surface area contributed by atoms with E-state index in [4.69, 9.17) is 14.2 Å². The first-order valence-corrected chi connectivity index (χ1v) is 11.3. The van der Waals surface area contributed by atoms with E-state index in [9.17, 15) is 19.2 Å². The lowest BCUT2D eigenvalue weighted by Gasteiger charge is -2.09. The second-order valence-electron chi connectivity index (χ2n) is 7.62. The first-order chi connectivity index (χ1) is 16.2. The zero-order chi connectivity index (χ0) is 24.8. The van der Waals surface area contributed by atoms with E-state index in [1.54, 1.807) is 45.0 Å². The van der Waals surface area contributed by atoms with Crippen molar-refractivity contribution in [2.24, 2.45) is 0 Å².